The van der Waals surface area contributed by atoms with Gasteiger partial charge >= 0.3 is 6.09 Å². The van der Waals surface area contributed by atoms with Crippen LogP contribution in [0.25, 0.3) is 0 Å². The number of amides is 2. The summed E-state index contributed by atoms with van der Waals surface area (Å²) in [5, 5.41) is 0.0171. The number of carbonyl (C=O) groups is 2. The Kier molecular flexibility index (Phi) is 6.00. The second kappa shape index (κ2) is 8.78. The Labute approximate surface area is 191 Å². The van der Waals surface area contributed by atoms with E-state index < -0.39 is 5.82 Å². The van der Waals surface area contributed by atoms with Gasteiger partial charge in [-0.25, -0.2) is 20.0 Å². The molecule has 10 heteroatoms. The molecule has 1 aromatic carbocycles. The van der Waals surface area contributed by atoms with Gasteiger partial charge in [-0.3, -0.25) is 4.79 Å². The molecule has 3 unspecified atom stereocenters. The highest BCUT2D eigenvalue weighted by Gasteiger charge is 2.49. The zero-order chi connectivity index (χ0) is 22.3. The average Bonchev–Trinajstić information content (AvgIpc) is 3.25. The lowest BCUT2D eigenvalue weighted by Gasteiger charge is -2.54. The molecule has 3 atom stereocenters. The van der Waals surface area contributed by atoms with Crippen molar-refractivity contribution in [3.63, 3.8) is 0 Å². The number of halogens is 2. The quantitative estimate of drug-likeness (QED) is 0.634. The minimum absolute atomic E-state index is 0.0171. The van der Waals surface area contributed by atoms with Gasteiger partial charge in [-0.2, -0.15) is 5.53 Å². The second-order valence-corrected chi connectivity index (χ2v) is 10.0. The zero-order valence-corrected chi connectivity index (χ0v) is 18.7. The third-order valence-electron chi connectivity index (χ3n) is 7.51. The lowest BCUT2D eigenvalue weighted by Crippen LogP contribution is -2.63. The molecule has 1 saturated carbocycles. The van der Waals surface area contributed by atoms with Crippen LogP contribution in [0.15, 0.2) is 18.2 Å². The molecular weight excluding hydrogens is 437 g/mol. The molecule has 1 aliphatic carbocycles. The van der Waals surface area contributed by atoms with E-state index in [0.29, 0.717) is 30.7 Å². The van der Waals surface area contributed by atoms with Gasteiger partial charge in [0.15, 0.2) is 0 Å². The van der Waals surface area contributed by atoms with Crippen LogP contribution >= 0.6 is 11.6 Å². The Morgan fingerprint density at radius 3 is 2.62 bits per heavy atom. The summed E-state index contributed by atoms with van der Waals surface area (Å²) in [6.07, 6.45) is 4.18. The molecule has 4 aliphatic rings. The lowest BCUT2D eigenvalue weighted by atomic mass is 9.71. The Hall–Kier alpha value is -1.94. The number of benzene rings is 1. The molecule has 32 heavy (non-hydrogen) atoms. The zero-order valence-electron chi connectivity index (χ0n) is 17.9. The summed E-state index contributed by atoms with van der Waals surface area (Å²) < 4.78 is 18.6. The summed E-state index contributed by atoms with van der Waals surface area (Å²) in [6, 6.07) is 5.02. The lowest BCUT2D eigenvalue weighted by molar-refractivity contribution is -0.152. The van der Waals surface area contributed by atoms with Gasteiger partial charge in [0, 0.05) is 49.6 Å². The molecule has 0 aromatic heterocycles. The molecule has 0 radical (unpaired) electrons. The molecule has 1 spiro atoms. The predicted molar refractivity (Wildman–Crippen MR) is 116 cm³/mol. The number of ether oxygens (including phenoxy) is 1. The van der Waals surface area contributed by atoms with Crippen molar-refractivity contribution >= 4 is 23.6 Å². The molecule has 3 N–H and O–H groups in total. The number of piperidine rings is 1. The SMILES string of the molecule is O=C(OCc1ccc(F)c(Cl)c1)N1CCC2(CC1)CN(C(=O)C1CCC3NNNC3C1)C2. The summed E-state index contributed by atoms with van der Waals surface area (Å²) in [4.78, 5) is 29.1. The van der Waals surface area contributed by atoms with Crippen LogP contribution in [-0.4, -0.2) is 60.1 Å². The normalized spacial score (nSPS) is 28.9. The van der Waals surface area contributed by atoms with Crippen LogP contribution in [0.4, 0.5) is 9.18 Å². The van der Waals surface area contributed by atoms with Gasteiger partial charge in [0.1, 0.15) is 12.4 Å². The maximum Gasteiger partial charge on any atom is 0.410 e. The number of likely N-dealkylation sites (tertiary alicyclic amines) is 2. The van der Waals surface area contributed by atoms with Gasteiger partial charge in [-0.1, -0.05) is 17.7 Å². The van der Waals surface area contributed by atoms with Gasteiger partial charge in [-0.15, -0.1) is 0 Å². The van der Waals surface area contributed by atoms with Crippen molar-refractivity contribution in [2.45, 2.75) is 50.8 Å². The van der Waals surface area contributed by atoms with Crippen LogP contribution in [0.3, 0.4) is 0 Å². The topological polar surface area (TPSA) is 85.9 Å². The van der Waals surface area contributed by atoms with Crippen molar-refractivity contribution in [1.82, 2.24) is 26.2 Å². The highest BCUT2D eigenvalue weighted by molar-refractivity contribution is 6.30. The predicted octanol–water partition coefficient (Wildman–Crippen LogP) is 2.19. The average molecular weight is 466 g/mol. The molecule has 2 amide bonds. The Morgan fingerprint density at radius 2 is 1.88 bits per heavy atom. The molecule has 174 valence electrons. The van der Waals surface area contributed by atoms with Crippen molar-refractivity contribution in [2.75, 3.05) is 26.2 Å². The number of carbonyl (C=O) groups excluding carboxylic acids is 2. The number of hydrazine groups is 2. The first-order chi connectivity index (χ1) is 15.4. The molecule has 8 nitrogen and oxygen atoms in total. The van der Waals surface area contributed by atoms with Crippen molar-refractivity contribution in [2.24, 2.45) is 11.3 Å². The van der Waals surface area contributed by atoms with Crippen LogP contribution < -0.4 is 16.4 Å². The molecular formula is C22H29ClFN5O3. The summed E-state index contributed by atoms with van der Waals surface area (Å²) in [7, 11) is 0. The number of hydrogen-bond donors (Lipinski definition) is 3. The fourth-order valence-corrected chi connectivity index (χ4v) is 5.68. The largest absolute Gasteiger partial charge is 0.445 e. The summed E-state index contributed by atoms with van der Waals surface area (Å²) in [5.74, 6) is -0.117. The third kappa shape index (κ3) is 4.31. The minimum Gasteiger partial charge on any atom is -0.445 e. The summed E-state index contributed by atoms with van der Waals surface area (Å²) in [5.41, 5.74) is 10.2. The summed E-state index contributed by atoms with van der Waals surface area (Å²) >= 11 is 5.78. The van der Waals surface area contributed by atoms with Gasteiger partial charge in [0.2, 0.25) is 5.91 Å². The fraction of sp³-hybridized carbons (Fsp3) is 0.636. The number of fused-ring (bicyclic) bond motifs is 1. The highest BCUT2D eigenvalue weighted by Crippen LogP contribution is 2.42. The molecule has 3 heterocycles. The van der Waals surface area contributed by atoms with E-state index in [0.717, 1.165) is 45.2 Å². The number of nitrogens with one attached hydrogen (secondary N) is 3. The third-order valence-corrected chi connectivity index (χ3v) is 7.80. The van der Waals surface area contributed by atoms with Crippen molar-refractivity contribution in [3.05, 3.63) is 34.6 Å². The molecule has 1 aromatic rings. The second-order valence-electron chi connectivity index (χ2n) is 9.62. The van der Waals surface area contributed by atoms with Gasteiger partial charge in [0.25, 0.3) is 0 Å². The molecule has 3 aliphatic heterocycles. The van der Waals surface area contributed by atoms with Crippen LogP contribution in [0.5, 0.6) is 0 Å². The Balaban J connectivity index is 1.06. The number of hydrogen-bond acceptors (Lipinski definition) is 6. The van der Waals surface area contributed by atoms with Crippen LogP contribution in [0.1, 0.15) is 37.7 Å². The Bertz CT molecular complexity index is 886. The van der Waals surface area contributed by atoms with E-state index >= 15 is 0 Å². The van der Waals surface area contributed by atoms with E-state index in [4.69, 9.17) is 16.3 Å². The van der Waals surface area contributed by atoms with Gasteiger partial charge in [0.05, 0.1) is 5.02 Å². The molecule has 3 saturated heterocycles. The van der Waals surface area contributed by atoms with E-state index in [1.165, 1.54) is 12.1 Å². The number of nitrogens with zero attached hydrogens (tertiary/aromatic N) is 2. The minimum atomic E-state index is -0.493. The molecule has 0 bridgehead atoms. The first-order valence-electron chi connectivity index (χ1n) is 11.3. The van der Waals surface area contributed by atoms with Crippen LogP contribution in [0, 0.1) is 17.2 Å². The van der Waals surface area contributed by atoms with E-state index in [9.17, 15) is 14.0 Å². The van der Waals surface area contributed by atoms with E-state index in [1.54, 1.807) is 11.0 Å². The number of rotatable bonds is 3. The molecule has 4 fully saturated rings. The van der Waals surface area contributed by atoms with E-state index in [2.05, 4.69) is 16.4 Å². The van der Waals surface area contributed by atoms with Crippen molar-refractivity contribution in [3.8, 4) is 0 Å². The highest BCUT2D eigenvalue weighted by atomic mass is 35.5. The van der Waals surface area contributed by atoms with Gasteiger partial charge < -0.3 is 14.5 Å². The van der Waals surface area contributed by atoms with Gasteiger partial charge in [-0.05, 0) is 49.8 Å². The smallest absolute Gasteiger partial charge is 0.410 e. The fourth-order valence-electron chi connectivity index (χ4n) is 5.48. The van der Waals surface area contributed by atoms with Crippen molar-refractivity contribution < 1.29 is 18.7 Å². The maximum atomic E-state index is 13.3. The standard InChI is InChI=1S/C22H29ClFN5O3/c23-16-9-14(1-3-17(16)24)11-32-21(31)28-7-5-22(6-8-28)12-29(13-22)20(30)15-2-4-18-19(10-15)26-27-25-18/h1,3,9,15,18-19,25-27H,2,4-8,10-13H2. The monoisotopic (exact) mass is 465 g/mol. The van der Waals surface area contributed by atoms with E-state index in [-0.39, 0.29) is 35.0 Å². The maximum absolute atomic E-state index is 13.3. The van der Waals surface area contributed by atoms with Crippen molar-refractivity contribution in [1.29, 1.82) is 0 Å². The first kappa shape index (κ1) is 21.9. The Morgan fingerprint density at radius 1 is 1.12 bits per heavy atom. The first-order valence-corrected chi connectivity index (χ1v) is 11.7. The van der Waals surface area contributed by atoms with E-state index in [1.807, 2.05) is 4.90 Å². The van der Waals surface area contributed by atoms with Crippen LogP contribution in [0.2, 0.25) is 5.02 Å². The molecule has 5 rings (SSSR count). The van der Waals surface area contributed by atoms with Crippen LogP contribution in [-0.2, 0) is 16.1 Å². The summed E-state index contributed by atoms with van der Waals surface area (Å²) in [6.45, 7) is 2.89.